The molecule has 3 heterocycles. The van der Waals surface area contributed by atoms with Crippen LogP contribution in [0.1, 0.15) is 40.0 Å². The second-order valence-electron chi connectivity index (χ2n) is 8.84. The summed E-state index contributed by atoms with van der Waals surface area (Å²) < 4.78 is 25.1. The summed E-state index contributed by atoms with van der Waals surface area (Å²) in [5.74, 6) is 0.516. The first-order valence-corrected chi connectivity index (χ1v) is 11.5. The van der Waals surface area contributed by atoms with Gasteiger partial charge in [-0.05, 0) is 62.2 Å². The van der Waals surface area contributed by atoms with E-state index in [-0.39, 0.29) is 17.8 Å². The van der Waals surface area contributed by atoms with Gasteiger partial charge in [-0.3, -0.25) is 4.79 Å². The summed E-state index contributed by atoms with van der Waals surface area (Å²) in [6, 6.07) is 13.9. The highest BCUT2D eigenvalue weighted by atomic mass is 19.1. The molecule has 5 rings (SSSR count). The molecule has 2 aromatic heterocycles. The summed E-state index contributed by atoms with van der Waals surface area (Å²) >= 11 is 0. The maximum atomic E-state index is 13.6. The normalized spacial score (nSPS) is 14.5. The quantitative estimate of drug-likeness (QED) is 0.395. The fraction of sp³-hybridized carbons (Fsp3) is 0.296. The van der Waals surface area contributed by atoms with Crippen molar-refractivity contribution in [1.29, 1.82) is 0 Å². The van der Waals surface area contributed by atoms with Gasteiger partial charge in [0.2, 0.25) is 0 Å². The highest BCUT2D eigenvalue weighted by molar-refractivity contribution is 6.07. The predicted molar refractivity (Wildman–Crippen MR) is 127 cm³/mol. The van der Waals surface area contributed by atoms with Gasteiger partial charge in [-0.15, -0.1) is 0 Å². The topological polar surface area (TPSA) is 68.5 Å². The van der Waals surface area contributed by atoms with E-state index >= 15 is 0 Å². The zero-order valence-electron chi connectivity index (χ0n) is 19.5. The number of carbonyl (C=O) groups is 1. The summed E-state index contributed by atoms with van der Waals surface area (Å²) in [7, 11) is 0. The van der Waals surface area contributed by atoms with Gasteiger partial charge in [0.15, 0.2) is 0 Å². The first-order valence-electron chi connectivity index (χ1n) is 11.5. The van der Waals surface area contributed by atoms with E-state index in [1.807, 2.05) is 11.0 Å². The number of rotatable bonds is 4. The van der Waals surface area contributed by atoms with Gasteiger partial charge < -0.3 is 14.2 Å². The molecule has 1 aliphatic rings. The molecule has 1 saturated heterocycles. The summed E-state index contributed by atoms with van der Waals surface area (Å²) in [6.07, 6.45) is 1.57. The van der Waals surface area contributed by atoms with Crippen molar-refractivity contribution in [3.05, 3.63) is 76.7 Å². The number of aryl methyl sites for hydroxylation is 3. The van der Waals surface area contributed by atoms with E-state index in [4.69, 9.17) is 9.26 Å². The number of carbonyl (C=O) groups excluding carboxylic acids is 1. The molecule has 1 aliphatic heterocycles. The van der Waals surface area contributed by atoms with Gasteiger partial charge in [0.1, 0.15) is 17.7 Å². The molecule has 0 N–H and O–H groups in total. The molecule has 0 unspecified atom stereocenters. The molecular weight excluding hydrogens is 433 g/mol. The van der Waals surface area contributed by atoms with E-state index in [2.05, 4.69) is 36.1 Å². The number of amides is 1. The number of piperidine rings is 1. The van der Waals surface area contributed by atoms with E-state index in [0.717, 1.165) is 29.7 Å². The molecule has 0 radical (unpaired) electrons. The number of aromatic nitrogens is 2. The fourth-order valence-electron chi connectivity index (χ4n) is 4.53. The van der Waals surface area contributed by atoms with E-state index in [1.54, 1.807) is 25.1 Å². The Labute approximate surface area is 197 Å². The summed E-state index contributed by atoms with van der Waals surface area (Å²) in [5.41, 5.74) is 4.90. The Hall–Kier alpha value is -3.74. The van der Waals surface area contributed by atoms with Crippen LogP contribution in [0.4, 0.5) is 4.39 Å². The second kappa shape index (κ2) is 8.89. The van der Waals surface area contributed by atoms with Crippen molar-refractivity contribution >= 4 is 17.0 Å². The van der Waals surface area contributed by atoms with E-state index in [1.165, 1.54) is 12.1 Å². The van der Waals surface area contributed by atoms with Crippen LogP contribution in [0.25, 0.3) is 22.4 Å². The Kier molecular flexibility index (Phi) is 5.77. The van der Waals surface area contributed by atoms with E-state index in [9.17, 15) is 9.18 Å². The molecular formula is C27H26FN3O3. The minimum absolute atomic E-state index is 0.0633. The maximum Gasteiger partial charge on any atom is 0.259 e. The van der Waals surface area contributed by atoms with Crippen LogP contribution in [0.2, 0.25) is 0 Å². The highest BCUT2D eigenvalue weighted by Crippen LogP contribution is 2.30. The van der Waals surface area contributed by atoms with Crippen molar-refractivity contribution in [1.82, 2.24) is 15.0 Å². The lowest BCUT2D eigenvalue weighted by Gasteiger charge is -2.33. The molecule has 6 nitrogen and oxygen atoms in total. The number of fused-ring (bicyclic) bond motifs is 1. The molecule has 0 aliphatic carbocycles. The smallest absolute Gasteiger partial charge is 0.259 e. The number of hydrogen-bond donors (Lipinski definition) is 0. The highest BCUT2D eigenvalue weighted by Gasteiger charge is 2.28. The van der Waals surface area contributed by atoms with Crippen molar-refractivity contribution in [2.75, 3.05) is 13.1 Å². The standard InChI is InChI=1S/C27H26FN3O3/c1-16-5-4-6-17(2)25(16)33-21-11-13-31(14-12-21)27(32)22-15-23(19-7-9-20(28)10-8-19)29-26-24(22)18(3)30-34-26/h4-10,15,21H,11-14H2,1-3H3. The third-order valence-corrected chi connectivity index (χ3v) is 6.41. The van der Waals surface area contributed by atoms with Crippen molar-refractivity contribution in [3.8, 4) is 17.0 Å². The van der Waals surface area contributed by atoms with Gasteiger partial charge in [-0.25, -0.2) is 9.37 Å². The Bertz CT molecular complexity index is 1340. The van der Waals surface area contributed by atoms with Crippen molar-refractivity contribution in [2.45, 2.75) is 39.7 Å². The third kappa shape index (κ3) is 4.14. The summed E-state index contributed by atoms with van der Waals surface area (Å²) in [5, 5.41) is 4.64. The SMILES string of the molecule is Cc1cccc(C)c1OC1CCN(C(=O)c2cc(-c3ccc(F)cc3)nc3onc(C)c23)CC1. The Morgan fingerprint density at radius 3 is 2.41 bits per heavy atom. The lowest BCUT2D eigenvalue weighted by molar-refractivity contribution is 0.0594. The molecule has 2 aromatic carbocycles. The van der Waals surface area contributed by atoms with Gasteiger partial charge in [0.25, 0.3) is 11.6 Å². The third-order valence-electron chi connectivity index (χ3n) is 6.41. The Morgan fingerprint density at radius 1 is 1.06 bits per heavy atom. The molecule has 0 spiro atoms. The van der Waals surface area contributed by atoms with Crippen LogP contribution in [-0.4, -0.2) is 40.1 Å². The number of benzene rings is 2. The molecule has 34 heavy (non-hydrogen) atoms. The number of likely N-dealkylation sites (tertiary alicyclic amines) is 1. The number of nitrogens with zero attached hydrogens (tertiary/aromatic N) is 3. The monoisotopic (exact) mass is 459 g/mol. The average Bonchev–Trinajstić information content (AvgIpc) is 3.22. The zero-order chi connectivity index (χ0) is 23.8. The molecule has 1 fully saturated rings. The van der Waals surface area contributed by atoms with Crippen molar-refractivity contribution in [3.63, 3.8) is 0 Å². The van der Waals surface area contributed by atoms with Gasteiger partial charge in [-0.2, -0.15) is 0 Å². The minimum Gasteiger partial charge on any atom is -0.490 e. The minimum atomic E-state index is -0.331. The number of para-hydroxylation sites is 1. The lowest BCUT2D eigenvalue weighted by Crippen LogP contribution is -2.42. The maximum absolute atomic E-state index is 13.6. The van der Waals surface area contributed by atoms with Crippen molar-refractivity contribution in [2.24, 2.45) is 0 Å². The first-order chi connectivity index (χ1) is 16.4. The van der Waals surface area contributed by atoms with Crippen LogP contribution < -0.4 is 4.74 Å². The van der Waals surface area contributed by atoms with Crippen molar-refractivity contribution < 1.29 is 18.4 Å². The molecule has 0 saturated carbocycles. The first kappa shape index (κ1) is 22.1. The largest absolute Gasteiger partial charge is 0.490 e. The van der Waals surface area contributed by atoms with Crippen LogP contribution in [0.15, 0.2) is 53.1 Å². The molecule has 1 amide bonds. The Morgan fingerprint density at radius 2 is 1.74 bits per heavy atom. The number of pyridine rings is 1. The summed E-state index contributed by atoms with van der Waals surface area (Å²) in [6.45, 7) is 7.08. The lowest BCUT2D eigenvalue weighted by atomic mass is 10.0. The molecule has 174 valence electrons. The van der Waals surface area contributed by atoms with Crippen LogP contribution in [0.3, 0.4) is 0 Å². The predicted octanol–water partition coefficient (Wildman–Crippen LogP) is 5.64. The fourth-order valence-corrected chi connectivity index (χ4v) is 4.53. The van der Waals surface area contributed by atoms with Crippen LogP contribution in [-0.2, 0) is 0 Å². The van der Waals surface area contributed by atoms with Gasteiger partial charge in [-0.1, -0.05) is 23.4 Å². The second-order valence-corrected chi connectivity index (χ2v) is 8.84. The summed E-state index contributed by atoms with van der Waals surface area (Å²) in [4.78, 5) is 20.0. The zero-order valence-corrected chi connectivity index (χ0v) is 19.5. The molecule has 0 bridgehead atoms. The van der Waals surface area contributed by atoms with E-state index in [0.29, 0.717) is 46.7 Å². The molecule has 4 aromatic rings. The van der Waals surface area contributed by atoms with Crippen LogP contribution >= 0.6 is 0 Å². The number of hydrogen-bond acceptors (Lipinski definition) is 5. The average molecular weight is 460 g/mol. The number of halogens is 1. The van der Waals surface area contributed by atoms with E-state index < -0.39 is 0 Å². The van der Waals surface area contributed by atoms with Gasteiger partial charge in [0.05, 0.1) is 22.3 Å². The van der Waals surface area contributed by atoms with Gasteiger partial charge in [0, 0.05) is 31.5 Å². The van der Waals surface area contributed by atoms with Gasteiger partial charge >= 0.3 is 0 Å². The molecule has 7 heteroatoms. The van der Waals surface area contributed by atoms with Crippen LogP contribution in [0.5, 0.6) is 5.75 Å². The number of ether oxygens (including phenoxy) is 1. The molecule has 0 atom stereocenters. The van der Waals surface area contributed by atoms with Crippen LogP contribution in [0, 0.1) is 26.6 Å². The Balaban J connectivity index is 1.38.